The average Bonchev–Trinajstić information content (AvgIpc) is 2.01. The van der Waals surface area contributed by atoms with Crippen LogP contribution >= 0.6 is 0 Å². The molecule has 0 spiro atoms. The van der Waals surface area contributed by atoms with E-state index < -0.39 is 0 Å². The maximum atomic E-state index is 5.56. The molecule has 1 aliphatic carbocycles. The zero-order valence-electron chi connectivity index (χ0n) is 9.14. The summed E-state index contributed by atoms with van der Waals surface area (Å²) in [4.78, 5) is 2.35. The third-order valence-corrected chi connectivity index (χ3v) is 3.37. The SMILES string of the molecule is CC(CN)NCC1(N(C)C)CCC1. The van der Waals surface area contributed by atoms with E-state index in [-0.39, 0.29) is 0 Å². The Hall–Kier alpha value is -0.120. The molecule has 0 amide bonds. The minimum Gasteiger partial charge on any atom is -0.329 e. The zero-order chi connectivity index (χ0) is 9.90. The van der Waals surface area contributed by atoms with E-state index in [1.165, 1.54) is 19.3 Å². The Morgan fingerprint density at radius 3 is 2.38 bits per heavy atom. The summed E-state index contributed by atoms with van der Waals surface area (Å²) in [5.41, 5.74) is 5.98. The third kappa shape index (κ3) is 2.42. The molecule has 0 aliphatic heterocycles. The standard InChI is InChI=1S/C10H23N3/c1-9(7-11)12-8-10(13(2)3)5-4-6-10/h9,12H,4-8,11H2,1-3H3. The molecule has 0 aromatic rings. The first-order valence-electron chi connectivity index (χ1n) is 5.21. The second-order valence-electron chi connectivity index (χ2n) is 4.49. The topological polar surface area (TPSA) is 41.3 Å². The van der Waals surface area contributed by atoms with Crippen molar-refractivity contribution in [3.8, 4) is 0 Å². The third-order valence-electron chi connectivity index (χ3n) is 3.37. The van der Waals surface area contributed by atoms with E-state index in [1.54, 1.807) is 0 Å². The molecule has 3 nitrogen and oxygen atoms in total. The second-order valence-corrected chi connectivity index (χ2v) is 4.49. The fraction of sp³-hybridized carbons (Fsp3) is 1.00. The highest BCUT2D eigenvalue weighted by Gasteiger charge is 2.38. The number of likely N-dealkylation sites (N-methyl/N-ethyl adjacent to an activating group) is 1. The van der Waals surface area contributed by atoms with Crippen molar-refractivity contribution in [3.05, 3.63) is 0 Å². The molecule has 0 saturated heterocycles. The molecule has 1 atom stereocenters. The molecule has 0 aromatic heterocycles. The summed E-state index contributed by atoms with van der Waals surface area (Å²) in [5.74, 6) is 0. The summed E-state index contributed by atoms with van der Waals surface area (Å²) >= 11 is 0. The first-order chi connectivity index (χ1) is 6.10. The Morgan fingerprint density at radius 1 is 1.46 bits per heavy atom. The van der Waals surface area contributed by atoms with Crippen molar-refractivity contribution in [2.75, 3.05) is 27.2 Å². The Morgan fingerprint density at radius 2 is 2.08 bits per heavy atom. The zero-order valence-corrected chi connectivity index (χ0v) is 9.14. The van der Waals surface area contributed by atoms with Gasteiger partial charge in [-0.15, -0.1) is 0 Å². The Kier molecular flexibility index (Phi) is 3.71. The Labute approximate surface area is 81.7 Å². The first kappa shape index (κ1) is 11.0. The van der Waals surface area contributed by atoms with Crippen molar-refractivity contribution in [2.45, 2.75) is 37.8 Å². The molecular weight excluding hydrogens is 162 g/mol. The predicted octanol–water partition coefficient (Wildman–Crippen LogP) is 0.408. The lowest BCUT2D eigenvalue weighted by atomic mass is 9.75. The van der Waals surface area contributed by atoms with Gasteiger partial charge in [0, 0.05) is 24.7 Å². The summed E-state index contributed by atoms with van der Waals surface area (Å²) in [5, 5.41) is 3.49. The molecule has 13 heavy (non-hydrogen) atoms. The fourth-order valence-corrected chi connectivity index (χ4v) is 1.81. The van der Waals surface area contributed by atoms with Gasteiger partial charge in [-0.05, 0) is 40.3 Å². The van der Waals surface area contributed by atoms with Crippen LogP contribution in [0.25, 0.3) is 0 Å². The molecule has 1 unspecified atom stereocenters. The van der Waals surface area contributed by atoms with Gasteiger partial charge >= 0.3 is 0 Å². The van der Waals surface area contributed by atoms with Crippen LogP contribution in [0.3, 0.4) is 0 Å². The molecular formula is C10H23N3. The van der Waals surface area contributed by atoms with Crippen LogP contribution in [-0.2, 0) is 0 Å². The van der Waals surface area contributed by atoms with Gasteiger partial charge in [-0.2, -0.15) is 0 Å². The van der Waals surface area contributed by atoms with Crippen molar-refractivity contribution in [1.29, 1.82) is 0 Å². The van der Waals surface area contributed by atoms with E-state index >= 15 is 0 Å². The van der Waals surface area contributed by atoms with Crippen LogP contribution in [0.4, 0.5) is 0 Å². The summed E-state index contributed by atoms with van der Waals surface area (Å²) in [7, 11) is 4.35. The molecule has 1 saturated carbocycles. The molecule has 1 aliphatic rings. The van der Waals surface area contributed by atoms with Crippen molar-refractivity contribution in [2.24, 2.45) is 5.73 Å². The summed E-state index contributed by atoms with van der Waals surface area (Å²) in [6.07, 6.45) is 4.02. The second kappa shape index (κ2) is 4.40. The smallest absolute Gasteiger partial charge is 0.0328 e. The lowest BCUT2D eigenvalue weighted by Gasteiger charge is -2.48. The molecule has 1 rings (SSSR count). The maximum Gasteiger partial charge on any atom is 0.0328 e. The van der Waals surface area contributed by atoms with Crippen LogP contribution in [0.2, 0.25) is 0 Å². The quantitative estimate of drug-likeness (QED) is 0.652. The minimum absolute atomic E-state index is 0.420. The lowest BCUT2D eigenvalue weighted by Crippen LogP contribution is -2.58. The highest BCUT2D eigenvalue weighted by molar-refractivity contribution is 4.97. The van der Waals surface area contributed by atoms with Crippen molar-refractivity contribution < 1.29 is 0 Å². The molecule has 78 valence electrons. The molecule has 0 radical (unpaired) electrons. The minimum atomic E-state index is 0.420. The first-order valence-corrected chi connectivity index (χ1v) is 5.21. The van der Waals surface area contributed by atoms with Gasteiger partial charge in [-0.25, -0.2) is 0 Å². The summed E-state index contributed by atoms with van der Waals surface area (Å²) < 4.78 is 0. The van der Waals surface area contributed by atoms with Crippen molar-refractivity contribution in [3.63, 3.8) is 0 Å². The van der Waals surface area contributed by atoms with Gasteiger partial charge in [0.1, 0.15) is 0 Å². The molecule has 0 aromatic carbocycles. The van der Waals surface area contributed by atoms with E-state index in [0.717, 1.165) is 13.1 Å². The van der Waals surface area contributed by atoms with Crippen LogP contribution in [0.5, 0.6) is 0 Å². The van der Waals surface area contributed by atoms with Gasteiger partial charge in [-0.3, -0.25) is 0 Å². The lowest BCUT2D eigenvalue weighted by molar-refractivity contribution is 0.0579. The van der Waals surface area contributed by atoms with Gasteiger partial charge in [0.15, 0.2) is 0 Å². The van der Waals surface area contributed by atoms with Crippen LogP contribution in [-0.4, -0.2) is 43.7 Å². The highest BCUT2D eigenvalue weighted by Crippen LogP contribution is 2.35. The van der Waals surface area contributed by atoms with E-state index in [0.29, 0.717) is 11.6 Å². The van der Waals surface area contributed by atoms with Crippen molar-refractivity contribution >= 4 is 0 Å². The number of nitrogens with two attached hydrogens (primary N) is 1. The van der Waals surface area contributed by atoms with Crippen LogP contribution < -0.4 is 11.1 Å². The monoisotopic (exact) mass is 185 g/mol. The molecule has 3 heteroatoms. The van der Waals surface area contributed by atoms with Crippen LogP contribution in [0.1, 0.15) is 26.2 Å². The molecule has 3 N–H and O–H groups in total. The molecule has 0 heterocycles. The van der Waals surface area contributed by atoms with Gasteiger partial charge in [0.2, 0.25) is 0 Å². The number of nitrogens with zero attached hydrogens (tertiary/aromatic N) is 1. The number of rotatable bonds is 5. The molecule has 1 fully saturated rings. The van der Waals surface area contributed by atoms with Gasteiger partial charge in [0.05, 0.1) is 0 Å². The number of hydrogen-bond acceptors (Lipinski definition) is 3. The van der Waals surface area contributed by atoms with E-state index in [2.05, 4.69) is 31.2 Å². The highest BCUT2D eigenvalue weighted by atomic mass is 15.2. The predicted molar refractivity (Wildman–Crippen MR) is 56.8 cm³/mol. The average molecular weight is 185 g/mol. The maximum absolute atomic E-state index is 5.56. The van der Waals surface area contributed by atoms with Crippen molar-refractivity contribution in [1.82, 2.24) is 10.2 Å². The van der Waals surface area contributed by atoms with E-state index in [4.69, 9.17) is 5.73 Å². The number of hydrogen-bond donors (Lipinski definition) is 2. The van der Waals surface area contributed by atoms with E-state index in [1.807, 2.05) is 0 Å². The molecule has 0 bridgehead atoms. The summed E-state index contributed by atoms with van der Waals surface area (Å²) in [6, 6.07) is 0.442. The van der Waals surface area contributed by atoms with Gasteiger partial charge in [-0.1, -0.05) is 0 Å². The van der Waals surface area contributed by atoms with Gasteiger partial charge in [0.25, 0.3) is 0 Å². The van der Waals surface area contributed by atoms with Crippen LogP contribution in [0, 0.1) is 0 Å². The largest absolute Gasteiger partial charge is 0.329 e. The van der Waals surface area contributed by atoms with E-state index in [9.17, 15) is 0 Å². The van der Waals surface area contributed by atoms with Crippen LogP contribution in [0.15, 0.2) is 0 Å². The fourth-order valence-electron chi connectivity index (χ4n) is 1.81. The Bertz CT molecular complexity index is 152. The number of nitrogens with one attached hydrogen (secondary N) is 1. The normalized spacial score (nSPS) is 22.8. The van der Waals surface area contributed by atoms with Gasteiger partial charge < -0.3 is 16.0 Å². The Balaban J connectivity index is 2.32. The summed E-state index contributed by atoms with van der Waals surface area (Å²) in [6.45, 7) is 3.95.